The molecule has 30 heavy (non-hydrogen) atoms. The zero-order chi connectivity index (χ0) is 20.3. The van der Waals surface area contributed by atoms with Crippen LogP contribution in [0.1, 0.15) is 18.4 Å². The third-order valence-electron chi connectivity index (χ3n) is 4.17. The molecule has 0 aliphatic carbocycles. The van der Waals surface area contributed by atoms with Crippen LogP contribution in [0.15, 0.2) is 109 Å². The number of hydrogen-bond donors (Lipinski definition) is 0. The molecule has 0 heterocycles. The van der Waals surface area contributed by atoms with E-state index in [9.17, 15) is 0 Å². The van der Waals surface area contributed by atoms with Crippen LogP contribution in [0.4, 0.5) is 0 Å². The maximum atomic E-state index is 2.43. The van der Waals surface area contributed by atoms with E-state index in [-0.39, 0.29) is 42.9 Å². The summed E-state index contributed by atoms with van der Waals surface area (Å²) in [7, 11) is 0.915. The molecule has 0 radical (unpaired) electrons. The van der Waals surface area contributed by atoms with Gasteiger partial charge in [0.05, 0.1) is 0 Å². The summed E-state index contributed by atoms with van der Waals surface area (Å²) >= 11 is 0. The van der Waals surface area contributed by atoms with Gasteiger partial charge in [-0.25, -0.2) is 36.4 Å². The van der Waals surface area contributed by atoms with Crippen molar-refractivity contribution in [3.05, 3.63) is 115 Å². The molecule has 0 unspecified atom stereocenters. The van der Waals surface area contributed by atoms with Crippen molar-refractivity contribution in [3.63, 3.8) is 0 Å². The van der Waals surface area contributed by atoms with E-state index in [4.69, 9.17) is 0 Å². The Balaban J connectivity index is 0. The molecular formula is C26H36Fe2Si2-8. The van der Waals surface area contributed by atoms with E-state index in [1.807, 2.05) is 60.7 Å². The van der Waals surface area contributed by atoms with Crippen molar-refractivity contribution in [2.24, 2.45) is 0 Å². The molecule has 0 aliphatic heterocycles. The summed E-state index contributed by atoms with van der Waals surface area (Å²) in [5.74, 6) is 0. The molecule has 0 fully saturated rings. The summed E-state index contributed by atoms with van der Waals surface area (Å²) in [5, 5.41) is 1.48. The van der Waals surface area contributed by atoms with Crippen LogP contribution in [-0.4, -0.2) is 19.0 Å². The van der Waals surface area contributed by atoms with Crippen LogP contribution in [0.5, 0.6) is 0 Å². The van der Waals surface area contributed by atoms with Crippen molar-refractivity contribution in [1.82, 2.24) is 0 Å². The van der Waals surface area contributed by atoms with Gasteiger partial charge in [0.15, 0.2) is 0 Å². The summed E-state index contributed by atoms with van der Waals surface area (Å²) in [5.41, 5.74) is 1.51. The molecule has 172 valence electrons. The predicted octanol–water partition coefficient (Wildman–Crippen LogP) is 5.42. The largest absolute Gasteiger partial charge is 0.748 e. The number of aryl methyl sites for hydroxylation is 1. The van der Waals surface area contributed by atoms with Crippen LogP contribution in [0.25, 0.3) is 0 Å². The fraction of sp³-hybridized carbons (Fsp3) is 0.231. The van der Waals surface area contributed by atoms with Crippen molar-refractivity contribution in [2.45, 2.75) is 38.4 Å². The predicted molar refractivity (Wildman–Crippen MR) is 134 cm³/mol. The van der Waals surface area contributed by atoms with Gasteiger partial charge >= 0.3 is 0 Å². The Kier molecular flexibility index (Phi) is 23.4. The topological polar surface area (TPSA) is 0 Å². The molecule has 4 rings (SSSR count). The second kappa shape index (κ2) is 22.6. The van der Waals surface area contributed by atoms with Gasteiger partial charge in [0, 0.05) is 42.9 Å². The molecular weight excluding hydrogens is 480 g/mol. The Labute approximate surface area is 210 Å². The minimum Gasteiger partial charge on any atom is -0.748 e. The second-order valence-electron chi connectivity index (χ2n) is 7.32. The first-order valence-corrected chi connectivity index (χ1v) is 14.5. The first-order chi connectivity index (χ1) is 13.7. The van der Waals surface area contributed by atoms with Gasteiger partial charge in [0.25, 0.3) is 0 Å². The van der Waals surface area contributed by atoms with Crippen molar-refractivity contribution >= 4 is 24.2 Å². The maximum absolute atomic E-state index is 2.43. The van der Waals surface area contributed by atoms with Crippen LogP contribution in [0, 0.1) is 0 Å². The van der Waals surface area contributed by atoms with Crippen LogP contribution in [-0.2, 0) is 40.6 Å². The Morgan fingerprint density at radius 1 is 0.700 bits per heavy atom. The van der Waals surface area contributed by atoms with Gasteiger partial charge in [-0.1, -0.05) is 38.4 Å². The monoisotopic (exact) mass is 516 g/mol. The zero-order valence-corrected chi connectivity index (χ0v) is 23.9. The van der Waals surface area contributed by atoms with Gasteiger partial charge in [-0.2, -0.15) is 53.2 Å². The minimum atomic E-state index is -0.281. The SMILES string of the molecule is C[SiH](C)CCCC[c-]1cccc1.[Fe].[Fe].[SiH3][c-]1cccc1.[cH-]1[cH-][cH-][cH-][cH-]1.c1cc[cH-]c1. The van der Waals surface area contributed by atoms with E-state index in [1.54, 1.807) is 0 Å². The van der Waals surface area contributed by atoms with E-state index in [0.29, 0.717) is 0 Å². The number of unbranched alkanes of at least 4 members (excludes halogenated alkanes) is 1. The molecule has 4 aromatic carbocycles. The summed E-state index contributed by atoms with van der Waals surface area (Å²) in [6.45, 7) is 4.87. The summed E-state index contributed by atoms with van der Waals surface area (Å²) in [6.07, 6.45) is 4.11. The molecule has 0 nitrogen and oxygen atoms in total. The van der Waals surface area contributed by atoms with E-state index < -0.39 is 0 Å². The van der Waals surface area contributed by atoms with Crippen LogP contribution >= 0.6 is 0 Å². The Hall–Kier alpha value is -1.13. The van der Waals surface area contributed by atoms with Gasteiger partial charge in [-0.15, -0.1) is 0 Å². The molecule has 0 bridgehead atoms. The van der Waals surface area contributed by atoms with Crippen molar-refractivity contribution in [3.8, 4) is 0 Å². The number of hydrogen-bond acceptors (Lipinski definition) is 0. The molecule has 4 heteroatoms. The summed E-state index contributed by atoms with van der Waals surface area (Å²) in [6, 6.07) is 38.7. The van der Waals surface area contributed by atoms with Crippen LogP contribution < -0.4 is 5.19 Å². The molecule has 0 saturated heterocycles. The van der Waals surface area contributed by atoms with Gasteiger partial charge in [0.2, 0.25) is 0 Å². The average Bonchev–Trinajstić information content (AvgIpc) is 3.50. The van der Waals surface area contributed by atoms with E-state index in [0.717, 1.165) is 0 Å². The second-order valence-corrected chi connectivity index (χ2v) is 11.8. The fourth-order valence-corrected chi connectivity index (χ4v) is 4.06. The standard InChI is InChI=1S/C11H19Si.C5H7Si.2C5H5.2Fe/c1-12(2)10-6-5-9-11-7-3-4-8-11;6-5-3-1-2-4-5;2*1-2-4-5-3-1;;/h3-4,7-8,12H,5-6,9-10H2,1-2H3;1-4H,6H3;2*1-5H;;/q2*-1;-5;-1;;. The Bertz CT molecular complexity index is 650. The van der Waals surface area contributed by atoms with Crippen LogP contribution in [0.2, 0.25) is 19.1 Å². The molecule has 0 aromatic heterocycles. The van der Waals surface area contributed by atoms with E-state index >= 15 is 0 Å². The molecule has 0 spiro atoms. The zero-order valence-electron chi connectivity index (χ0n) is 18.5. The van der Waals surface area contributed by atoms with Crippen LogP contribution in [0.3, 0.4) is 0 Å². The first kappa shape index (κ1) is 31.1. The molecule has 0 aliphatic rings. The molecule has 0 N–H and O–H groups in total. The molecule has 0 atom stereocenters. The quantitative estimate of drug-likeness (QED) is 0.189. The summed E-state index contributed by atoms with van der Waals surface area (Å²) in [4.78, 5) is 0. The fourth-order valence-electron chi connectivity index (χ4n) is 2.57. The smallest absolute Gasteiger partial charge is 0.0305 e. The van der Waals surface area contributed by atoms with Crippen molar-refractivity contribution < 1.29 is 34.1 Å². The average molecular weight is 516 g/mol. The Morgan fingerprint density at radius 3 is 1.50 bits per heavy atom. The van der Waals surface area contributed by atoms with Gasteiger partial charge in [-0.05, 0) is 10.2 Å². The van der Waals surface area contributed by atoms with Gasteiger partial charge in [-0.3, -0.25) is 0 Å². The van der Waals surface area contributed by atoms with Crippen molar-refractivity contribution in [2.75, 3.05) is 0 Å². The van der Waals surface area contributed by atoms with Gasteiger partial charge < -0.3 is 30.3 Å². The normalized spacial score (nSPS) is 8.90. The maximum Gasteiger partial charge on any atom is 0.0305 e. The first-order valence-electron chi connectivity index (χ1n) is 10.4. The molecule has 0 amide bonds. The summed E-state index contributed by atoms with van der Waals surface area (Å²) < 4.78 is 0. The van der Waals surface area contributed by atoms with Crippen molar-refractivity contribution in [1.29, 1.82) is 0 Å². The van der Waals surface area contributed by atoms with E-state index in [1.165, 1.54) is 46.3 Å². The molecule has 4 aromatic rings. The van der Waals surface area contributed by atoms with E-state index in [2.05, 4.69) is 61.6 Å². The minimum absolute atomic E-state index is 0. The Morgan fingerprint density at radius 2 is 1.17 bits per heavy atom. The third kappa shape index (κ3) is 20.2. The molecule has 0 saturated carbocycles. The number of rotatable bonds is 5. The van der Waals surface area contributed by atoms with Gasteiger partial charge in [0.1, 0.15) is 0 Å². The third-order valence-corrected chi connectivity index (χ3v) is 6.40.